The third kappa shape index (κ3) is 5.89. The summed E-state index contributed by atoms with van der Waals surface area (Å²) in [5.74, 6) is 0.377. The van der Waals surface area contributed by atoms with Crippen LogP contribution in [0.4, 0.5) is 11.4 Å². The van der Waals surface area contributed by atoms with E-state index in [9.17, 15) is 13.2 Å². The molecule has 2 aromatic rings. The van der Waals surface area contributed by atoms with Crippen molar-refractivity contribution in [3.05, 3.63) is 53.6 Å². The normalized spacial score (nSPS) is 17.1. The van der Waals surface area contributed by atoms with E-state index in [4.69, 9.17) is 4.74 Å². The Bertz CT molecular complexity index is 1090. The number of hydrogen-bond donors (Lipinski definition) is 2. The Labute approximate surface area is 202 Å². The molecule has 0 saturated carbocycles. The minimum absolute atomic E-state index is 0.117. The van der Waals surface area contributed by atoms with Crippen LogP contribution in [0.2, 0.25) is 0 Å². The van der Waals surface area contributed by atoms with Crippen LogP contribution < -0.4 is 14.9 Å². The van der Waals surface area contributed by atoms with E-state index in [2.05, 4.69) is 28.8 Å². The van der Waals surface area contributed by atoms with Gasteiger partial charge in [0.25, 0.3) is 15.9 Å². The Kier molecular flexibility index (Phi) is 7.75. The molecule has 0 unspecified atom stereocenters. The van der Waals surface area contributed by atoms with Gasteiger partial charge in [-0.05, 0) is 48.2 Å². The summed E-state index contributed by atoms with van der Waals surface area (Å²) >= 11 is 0. The van der Waals surface area contributed by atoms with Gasteiger partial charge in [-0.1, -0.05) is 26.0 Å². The second-order valence-electron chi connectivity index (χ2n) is 9.22. The molecule has 2 fully saturated rings. The van der Waals surface area contributed by atoms with Crippen LogP contribution in [0, 0.1) is 5.92 Å². The summed E-state index contributed by atoms with van der Waals surface area (Å²) in [6.07, 6.45) is 0.895. The third-order valence-corrected chi connectivity index (χ3v) is 7.50. The van der Waals surface area contributed by atoms with Crippen molar-refractivity contribution in [2.75, 3.05) is 62.1 Å². The molecule has 0 spiro atoms. The maximum Gasteiger partial charge on any atom is 0.261 e. The highest BCUT2D eigenvalue weighted by Gasteiger charge is 2.24. The van der Waals surface area contributed by atoms with Gasteiger partial charge in [0.2, 0.25) is 0 Å². The van der Waals surface area contributed by atoms with Gasteiger partial charge in [-0.2, -0.15) is 0 Å². The van der Waals surface area contributed by atoms with Crippen molar-refractivity contribution in [1.29, 1.82) is 0 Å². The first kappa shape index (κ1) is 24.5. The number of morpholine rings is 1. The zero-order valence-electron chi connectivity index (χ0n) is 19.9. The van der Waals surface area contributed by atoms with E-state index in [0.717, 1.165) is 43.9 Å². The Morgan fingerprint density at radius 3 is 2.35 bits per heavy atom. The molecule has 0 atom stereocenters. The first-order chi connectivity index (χ1) is 16.3. The lowest BCUT2D eigenvalue weighted by Crippen LogP contribution is -2.44. The number of hydrogen-bond acceptors (Lipinski definition) is 6. The highest BCUT2D eigenvalue weighted by Crippen LogP contribution is 2.30. The fourth-order valence-electron chi connectivity index (χ4n) is 4.36. The number of amides is 1. The van der Waals surface area contributed by atoms with E-state index in [-0.39, 0.29) is 10.8 Å². The molecular formula is C25H34N4O4S. The standard InChI is InChI=1S/C25H34N4O4S/c1-19(2)17-20-3-6-22(7-4-20)34(31,32)27-23-18-21(25(30)29-13-15-33-16-14-29)5-8-24(23)28-11-9-26-10-12-28/h3-8,18-19,26-27H,9-17H2,1-2H3. The lowest BCUT2D eigenvalue weighted by molar-refractivity contribution is 0.0303. The zero-order chi connectivity index (χ0) is 24.1. The van der Waals surface area contributed by atoms with Crippen molar-refractivity contribution >= 4 is 27.3 Å². The minimum atomic E-state index is -3.82. The lowest BCUT2D eigenvalue weighted by Gasteiger charge is -2.32. The Morgan fingerprint density at radius 2 is 1.71 bits per heavy atom. The highest BCUT2D eigenvalue weighted by atomic mass is 32.2. The van der Waals surface area contributed by atoms with Crippen molar-refractivity contribution in [3.63, 3.8) is 0 Å². The van der Waals surface area contributed by atoms with Gasteiger partial charge < -0.3 is 19.9 Å². The number of carbonyl (C=O) groups is 1. The van der Waals surface area contributed by atoms with Crippen LogP contribution in [0.5, 0.6) is 0 Å². The summed E-state index contributed by atoms with van der Waals surface area (Å²) < 4.78 is 34.7. The van der Waals surface area contributed by atoms with E-state index in [1.807, 2.05) is 18.2 Å². The van der Waals surface area contributed by atoms with Crippen LogP contribution in [0.1, 0.15) is 29.8 Å². The van der Waals surface area contributed by atoms with E-state index in [0.29, 0.717) is 43.5 Å². The molecule has 0 aliphatic carbocycles. The number of anilines is 2. The van der Waals surface area contributed by atoms with Crippen molar-refractivity contribution in [2.45, 2.75) is 25.2 Å². The molecule has 34 heavy (non-hydrogen) atoms. The molecule has 0 aromatic heterocycles. The molecule has 8 nitrogen and oxygen atoms in total. The average Bonchev–Trinajstić information content (AvgIpc) is 2.84. The molecule has 2 saturated heterocycles. The molecule has 2 aliphatic heterocycles. The molecule has 184 valence electrons. The van der Waals surface area contributed by atoms with Gasteiger partial charge in [-0.25, -0.2) is 8.42 Å². The Hall–Kier alpha value is -2.62. The maximum atomic E-state index is 13.3. The second-order valence-corrected chi connectivity index (χ2v) is 10.9. The summed E-state index contributed by atoms with van der Waals surface area (Å²) in [5, 5.41) is 3.32. The van der Waals surface area contributed by atoms with Crippen LogP contribution in [0.25, 0.3) is 0 Å². The van der Waals surface area contributed by atoms with Gasteiger partial charge in [0.1, 0.15) is 0 Å². The lowest BCUT2D eigenvalue weighted by atomic mass is 10.0. The number of sulfonamides is 1. The molecular weight excluding hydrogens is 452 g/mol. The summed E-state index contributed by atoms with van der Waals surface area (Å²) in [6.45, 7) is 9.50. The molecule has 2 aromatic carbocycles. The van der Waals surface area contributed by atoms with E-state index < -0.39 is 10.0 Å². The number of nitrogens with zero attached hydrogens (tertiary/aromatic N) is 2. The molecule has 0 bridgehead atoms. The van der Waals surface area contributed by atoms with Gasteiger partial charge in [-0.15, -0.1) is 0 Å². The number of nitrogens with one attached hydrogen (secondary N) is 2. The quantitative estimate of drug-likeness (QED) is 0.625. The molecule has 2 aliphatic rings. The second kappa shape index (κ2) is 10.8. The number of piperazine rings is 1. The summed E-state index contributed by atoms with van der Waals surface area (Å²) in [4.78, 5) is 17.2. The van der Waals surface area contributed by atoms with Crippen LogP contribution >= 0.6 is 0 Å². The summed E-state index contributed by atoms with van der Waals surface area (Å²) in [5.41, 5.74) is 2.77. The minimum Gasteiger partial charge on any atom is -0.378 e. The smallest absolute Gasteiger partial charge is 0.261 e. The van der Waals surface area contributed by atoms with Gasteiger partial charge in [-0.3, -0.25) is 9.52 Å². The first-order valence-electron chi connectivity index (χ1n) is 11.9. The number of ether oxygens (including phenoxy) is 1. The first-order valence-corrected chi connectivity index (χ1v) is 13.4. The van der Waals surface area contributed by atoms with Crippen LogP contribution in [-0.4, -0.2) is 71.7 Å². The topological polar surface area (TPSA) is 91.0 Å². The van der Waals surface area contributed by atoms with Gasteiger partial charge in [0.15, 0.2) is 0 Å². The Morgan fingerprint density at radius 1 is 1.03 bits per heavy atom. The summed E-state index contributed by atoms with van der Waals surface area (Å²) in [6, 6.07) is 12.3. The fraction of sp³-hybridized carbons (Fsp3) is 0.480. The van der Waals surface area contributed by atoms with Crippen molar-refractivity contribution < 1.29 is 17.9 Å². The number of benzene rings is 2. The molecule has 9 heteroatoms. The SMILES string of the molecule is CC(C)Cc1ccc(S(=O)(=O)Nc2cc(C(=O)N3CCOCC3)ccc2N2CCNCC2)cc1. The van der Waals surface area contributed by atoms with Crippen molar-refractivity contribution in [1.82, 2.24) is 10.2 Å². The maximum absolute atomic E-state index is 13.3. The van der Waals surface area contributed by atoms with Crippen molar-refractivity contribution in [3.8, 4) is 0 Å². The van der Waals surface area contributed by atoms with Crippen LogP contribution in [0.15, 0.2) is 47.4 Å². The predicted octanol–water partition coefficient (Wildman–Crippen LogP) is 2.57. The van der Waals surface area contributed by atoms with Gasteiger partial charge in [0.05, 0.1) is 29.5 Å². The average molecular weight is 487 g/mol. The van der Waals surface area contributed by atoms with Gasteiger partial charge in [0, 0.05) is 44.8 Å². The van der Waals surface area contributed by atoms with Crippen LogP contribution in [-0.2, 0) is 21.2 Å². The molecule has 1 amide bonds. The predicted molar refractivity (Wildman–Crippen MR) is 134 cm³/mol. The molecule has 4 rings (SSSR count). The number of rotatable bonds is 7. The van der Waals surface area contributed by atoms with E-state index in [1.165, 1.54) is 0 Å². The van der Waals surface area contributed by atoms with E-state index in [1.54, 1.807) is 29.2 Å². The third-order valence-electron chi connectivity index (χ3n) is 6.12. The fourth-order valence-corrected chi connectivity index (χ4v) is 5.43. The van der Waals surface area contributed by atoms with Gasteiger partial charge >= 0.3 is 0 Å². The molecule has 2 N–H and O–H groups in total. The Balaban J connectivity index is 1.63. The largest absolute Gasteiger partial charge is 0.378 e. The highest BCUT2D eigenvalue weighted by molar-refractivity contribution is 7.92. The van der Waals surface area contributed by atoms with Crippen LogP contribution in [0.3, 0.4) is 0 Å². The summed E-state index contributed by atoms with van der Waals surface area (Å²) in [7, 11) is -3.82. The zero-order valence-corrected chi connectivity index (χ0v) is 20.7. The van der Waals surface area contributed by atoms with E-state index >= 15 is 0 Å². The monoisotopic (exact) mass is 486 g/mol. The molecule has 2 heterocycles. The van der Waals surface area contributed by atoms with Crippen molar-refractivity contribution in [2.24, 2.45) is 5.92 Å². The molecule has 0 radical (unpaired) electrons. The number of carbonyl (C=O) groups excluding carboxylic acids is 1.